The van der Waals surface area contributed by atoms with Crippen LogP contribution >= 0.6 is 0 Å². The fourth-order valence-corrected chi connectivity index (χ4v) is 2.68. The number of likely N-dealkylation sites (tertiary alicyclic amines) is 1. The average Bonchev–Trinajstić information content (AvgIpc) is 2.75. The SMILES string of the molecule is CC(C)(C)C[C@H]1CCCN1C(=O)c1ccncc1. The number of carbonyl (C=O) groups excluding carboxylic acids is 1. The maximum absolute atomic E-state index is 12.4. The topological polar surface area (TPSA) is 33.2 Å². The Morgan fingerprint density at radius 2 is 2.06 bits per heavy atom. The summed E-state index contributed by atoms with van der Waals surface area (Å²) in [5.41, 5.74) is 1.03. The molecule has 2 heterocycles. The summed E-state index contributed by atoms with van der Waals surface area (Å²) in [6, 6.07) is 3.99. The van der Waals surface area contributed by atoms with Crippen molar-refractivity contribution in [2.45, 2.75) is 46.1 Å². The Kier molecular flexibility index (Phi) is 3.69. The van der Waals surface area contributed by atoms with Crippen LogP contribution in [0.1, 0.15) is 50.4 Å². The van der Waals surface area contributed by atoms with Crippen molar-refractivity contribution in [2.24, 2.45) is 5.41 Å². The summed E-state index contributed by atoms with van der Waals surface area (Å²) < 4.78 is 0. The van der Waals surface area contributed by atoms with Crippen molar-refractivity contribution in [1.82, 2.24) is 9.88 Å². The second-order valence-electron chi connectivity index (χ2n) is 6.30. The van der Waals surface area contributed by atoms with Crippen molar-refractivity contribution in [3.63, 3.8) is 0 Å². The number of rotatable bonds is 2. The summed E-state index contributed by atoms with van der Waals surface area (Å²) in [5.74, 6) is 0.157. The summed E-state index contributed by atoms with van der Waals surface area (Å²) in [7, 11) is 0. The van der Waals surface area contributed by atoms with Gasteiger partial charge in [-0.05, 0) is 36.8 Å². The fraction of sp³-hybridized carbons (Fsp3) is 0.600. The minimum absolute atomic E-state index is 0.157. The lowest BCUT2D eigenvalue weighted by molar-refractivity contribution is 0.0704. The van der Waals surface area contributed by atoms with E-state index in [-0.39, 0.29) is 11.3 Å². The van der Waals surface area contributed by atoms with E-state index in [9.17, 15) is 4.79 Å². The maximum atomic E-state index is 12.4. The number of hydrogen-bond donors (Lipinski definition) is 0. The lowest BCUT2D eigenvalue weighted by atomic mass is 9.87. The van der Waals surface area contributed by atoms with Gasteiger partial charge < -0.3 is 4.90 Å². The van der Waals surface area contributed by atoms with E-state index in [4.69, 9.17) is 0 Å². The van der Waals surface area contributed by atoms with Crippen LogP contribution in [0.2, 0.25) is 0 Å². The summed E-state index contributed by atoms with van der Waals surface area (Å²) in [4.78, 5) is 18.4. The van der Waals surface area contributed by atoms with Crippen LogP contribution in [0.5, 0.6) is 0 Å². The lowest BCUT2D eigenvalue weighted by Gasteiger charge is -2.30. The number of pyridine rings is 1. The van der Waals surface area contributed by atoms with Crippen LogP contribution in [0.4, 0.5) is 0 Å². The second kappa shape index (κ2) is 5.09. The largest absolute Gasteiger partial charge is 0.336 e. The molecule has 0 bridgehead atoms. The van der Waals surface area contributed by atoms with E-state index in [0.717, 1.165) is 31.4 Å². The van der Waals surface area contributed by atoms with Crippen molar-refractivity contribution in [1.29, 1.82) is 0 Å². The Hall–Kier alpha value is -1.38. The van der Waals surface area contributed by atoms with Gasteiger partial charge in [-0.1, -0.05) is 20.8 Å². The van der Waals surface area contributed by atoms with Gasteiger partial charge in [-0.25, -0.2) is 0 Å². The molecule has 0 unspecified atom stereocenters. The van der Waals surface area contributed by atoms with Gasteiger partial charge in [0.25, 0.3) is 5.91 Å². The van der Waals surface area contributed by atoms with Crippen LogP contribution in [0, 0.1) is 5.41 Å². The number of carbonyl (C=O) groups is 1. The van der Waals surface area contributed by atoms with E-state index in [1.807, 2.05) is 4.90 Å². The zero-order valence-electron chi connectivity index (χ0n) is 11.5. The van der Waals surface area contributed by atoms with Crippen molar-refractivity contribution in [2.75, 3.05) is 6.54 Å². The van der Waals surface area contributed by atoms with E-state index in [1.54, 1.807) is 24.5 Å². The first-order chi connectivity index (χ1) is 8.47. The maximum Gasteiger partial charge on any atom is 0.254 e. The van der Waals surface area contributed by atoms with Crippen LogP contribution in [-0.4, -0.2) is 28.4 Å². The molecule has 1 atom stereocenters. The highest BCUT2D eigenvalue weighted by atomic mass is 16.2. The first-order valence-electron chi connectivity index (χ1n) is 6.68. The van der Waals surface area contributed by atoms with Gasteiger partial charge >= 0.3 is 0 Å². The first-order valence-corrected chi connectivity index (χ1v) is 6.68. The van der Waals surface area contributed by atoms with Gasteiger partial charge in [-0.2, -0.15) is 0 Å². The quantitative estimate of drug-likeness (QED) is 0.803. The number of aromatic nitrogens is 1. The molecular weight excluding hydrogens is 224 g/mol. The van der Waals surface area contributed by atoms with Gasteiger partial charge in [0.1, 0.15) is 0 Å². The third kappa shape index (κ3) is 3.09. The molecule has 1 aliphatic rings. The molecule has 3 nitrogen and oxygen atoms in total. The third-order valence-electron chi connectivity index (χ3n) is 3.41. The molecule has 2 rings (SSSR count). The number of hydrogen-bond acceptors (Lipinski definition) is 2. The Labute approximate surface area is 109 Å². The molecule has 1 aromatic rings. The van der Waals surface area contributed by atoms with Gasteiger partial charge in [0, 0.05) is 30.5 Å². The Balaban J connectivity index is 2.10. The van der Waals surface area contributed by atoms with E-state index in [1.165, 1.54) is 0 Å². The molecule has 98 valence electrons. The van der Waals surface area contributed by atoms with Gasteiger partial charge in [-0.3, -0.25) is 9.78 Å². The predicted octanol–water partition coefficient (Wildman–Crippen LogP) is 3.12. The molecule has 0 saturated carbocycles. The van der Waals surface area contributed by atoms with Crippen LogP contribution < -0.4 is 0 Å². The van der Waals surface area contributed by atoms with E-state index in [2.05, 4.69) is 25.8 Å². The molecule has 18 heavy (non-hydrogen) atoms. The van der Waals surface area contributed by atoms with Crippen LogP contribution in [0.25, 0.3) is 0 Å². The molecule has 0 N–H and O–H groups in total. The molecule has 1 aliphatic heterocycles. The zero-order chi connectivity index (χ0) is 13.2. The van der Waals surface area contributed by atoms with Crippen molar-refractivity contribution in [3.8, 4) is 0 Å². The number of amides is 1. The van der Waals surface area contributed by atoms with Crippen molar-refractivity contribution >= 4 is 5.91 Å². The molecule has 3 heteroatoms. The highest BCUT2D eigenvalue weighted by Crippen LogP contribution is 2.30. The molecule has 1 fully saturated rings. The standard InChI is InChI=1S/C15H22N2O/c1-15(2,3)11-13-5-4-10-17(13)14(18)12-6-8-16-9-7-12/h6-9,13H,4-5,10-11H2,1-3H3/t13-/m1/s1. The smallest absolute Gasteiger partial charge is 0.254 e. The minimum Gasteiger partial charge on any atom is -0.336 e. The van der Waals surface area contributed by atoms with Crippen molar-refractivity contribution in [3.05, 3.63) is 30.1 Å². The van der Waals surface area contributed by atoms with Gasteiger partial charge in [0.05, 0.1) is 0 Å². The molecule has 1 aromatic heterocycles. The highest BCUT2D eigenvalue weighted by Gasteiger charge is 2.32. The van der Waals surface area contributed by atoms with Gasteiger partial charge in [0.15, 0.2) is 0 Å². The lowest BCUT2D eigenvalue weighted by Crippen LogP contribution is -2.37. The summed E-state index contributed by atoms with van der Waals surface area (Å²) in [5, 5.41) is 0. The fourth-order valence-electron chi connectivity index (χ4n) is 2.68. The van der Waals surface area contributed by atoms with Crippen molar-refractivity contribution < 1.29 is 4.79 Å². The van der Waals surface area contributed by atoms with Crippen LogP contribution in [-0.2, 0) is 0 Å². The Morgan fingerprint density at radius 3 is 2.67 bits per heavy atom. The van der Waals surface area contributed by atoms with Gasteiger partial charge in [-0.15, -0.1) is 0 Å². The second-order valence-corrected chi connectivity index (χ2v) is 6.30. The number of nitrogens with zero attached hydrogens (tertiary/aromatic N) is 2. The summed E-state index contributed by atoms with van der Waals surface area (Å²) in [6.07, 6.45) is 6.69. The van der Waals surface area contributed by atoms with E-state index < -0.39 is 0 Å². The molecule has 1 amide bonds. The normalized spacial score (nSPS) is 20.2. The van der Waals surface area contributed by atoms with Crippen LogP contribution in [0.15, 0.2) is 24.5 Å². The Bertz CT molecular complexity index is 408. The van der Waals surface area contributed by atoms with E-state index >= 15 is 0 Å². The summed E-state index contributed by atoms with van der Waals surface area (Å²) in [6.45, 7) is 7.60. The molecule has 0 aromatic carbocycles. The summed E-state index contributed by atoms with van der Waals surface area (Å²) >= 11 is 0. The highest BCUT2D eigenvalue weighted by molar-refractivity contribution is 5.94. The minimum atomic E-state index is 0.157. The average molecular weight is 246 g/mol. The molecule has 0 radical (unpaired) electrons. The van der Waals surface area contributed by atoms with E-state index in [0.29, 0.717) is 6.04 Å². The predicted molar refractivity (Wildman–Crippen MR) is 72.4 cm³/mol. The zero-order valence-corrected chi connectivity index (χ0v) is 11.5. The Morgan fingerprint density at radius 1 is 1.39 bits per heavy atom. The molecule has 0 spiro atoms. The van der Waals surface area contributed by atoms with Gasteiger partial charge in [0.2, 0.25) is 0 Å². The molecular formula is C15H22N2O. The monoisotopic (exact) mass is 246 g/mol. The third-order valence-corrected chi connectivity index (χ3v) is 3.41. The first kappa shape index (κ1) is 13.1. The van der Waals surface area contributed by atoms with Crippen LogP contribution in [0.3, 0.4) is 0 Å². The molecule has 1 saturated heterocycles. The molecule has 0 aliphatic carbocycles.